The maximum Gasteiger partial charge on any atom is 0.325 e. The number of urea groups is 1. The average Bonchev–Trinajstić information content (AvgIpc) is 3.27. The fraction of sp³-hybridized carbons (Fsp3) is 0.400. The van der Waals surface area contributed by atoms with E-state index in [1.807, 2.05) is 37.3 Å². The van der Waals surface area contributed by atoms with Gasteiger partial charge in [0.2, 0.25) is 5.09 Å². The van der Waals surface area contributed by atoms with E-state index in [0.717, 1.165) is 27.6 Å². The lowest BCUT2D eigenvalue weighted by Crippen LogP contribution is -2.44. The van der Waals surface area contributed by atoms with Gasteiger partial charge in [-0.1, -0.05) is 50.1 Å². The van der Waals surface area contributed by atoms with Crippen LogP contribution >= 0.6 is 0 Å². The maximum atomic E-state index is 13.3. The van der Waals surface area contributed by atoms with Crippen molar-refractivity contribution in [1.82, 2.24) is 14.5 Å². The van der Waals surface area contributed by atoms with Crippen LogP contribution < -0.4 is 5.32 Å². The van der Waals surface area contributed by atoms with Crippen molar-refractivity contribution < 1.29 is 22.4 Å². The number of hydrogen-bond donors (Lipinski definition) is 1. The summed E-state index contributed by atoms with van der Waals surface area (Å²) in [6, 6.07) is 11.4. The van der Waals surface area contributed by atoms with Crippen LogP contribution in [0.3, 0.4) is 0 Å². The SMILES string of the molecule is CCCCC1(c2ccccc2)NC(=O)N(Cc2ccc(S(=O)(=O)N(C)C)o2)C1=O. The Labute approximate surface area is 170 Å². The minimum atomic E-state index is -3.73. The number of nitrogens with zero attached hydrogens (tertiary/aromatic N) is 2. The predicted octanol–water partition coefficient (Wildman–Crippen LogP) is 2.67. The van der Waals surface area contributed by atoms with Gasteiger partial charge in [0.15, 0.2) is 0 Å². The number of unbranched alkanes of at least 4 members (excludes halogenated alkanes) is 1. The van der Waals surface area contributed by atoms with Gasteiger partial charge in [-0.3, -0.25) is 9.69 Å². The van der Waals surface area contributed by atoms with Gasteiger partial charge in [0.05, 0.1) is 6.54 Å². The lowest BCUT2D eigenvalue weighted by atomic mass is 9.85. The number of sulfonamides is 1. The molecule has 8 nitrogen and oxygen atoms in total. The van der Waals surface area contributed by atoms with Gasteiger partial charge >= 0.3 is 6.03 Å². The number of imide groups is 1. The highest BCUT2D eigenvalue weighted by molar-refractivity contribution is 7.88. The highest BCUT2D eigenvalue weighted by Crippen LogP contribution is 2.35. The third-order valence-electron chi connectivity index (χ3n) is 5.03. The zero-order valence-electron chi connectivity index (χ0n) is 16.7. The normalized spacial score (nSPS) is 19.8. The molecule has 0 saturated carbocycles. The molecule has 0 bridgehead atoms. The molecule has 2 aromatic rings. The smallest absolute Gasteiger partial charge is 0.325 e. The predicted molar refractivity (Wildman–Crippen MR) is 106 cm³/mol. The zero-order chi connectivity index (χ0) is 21.2. The van der Waals surface area contributed by atoms with E-state index in [-0.39, 0.29) is 23.3 Å². The van der Waals surface area contributed by atoms with Crippen molar-refractivity contribution in [1.29, 1.82) is 0 Å². The monoisotopic (exact) mass is 419 g/mol. The van der Waals surface area contributed by atoms with Crippen LogP contribution in [-0.2, 0) is 26.9 Å². The summed E-state index contributed by atoms with van der Waals surface area (Å²) in [4.78, 5) is 27.1. The van der Waals surface area contributed by atoms with Crippen LogP contribution in [0.15, 0.2) is 52.0 Å². The molecular weight excluding hydrogens is 394 g/mol. The average molecular weight is 420 g/mol. The Kier molecular flexibility index (Phi) is 5.81. The number of rotatable bonds is 8. The number of amides is 3. The molecule has 3 amide bonds. The lowest BCUT2D eigenvalue weighted by molar-refractivity contribution is -0.132. The second kappa shape index (κ2) is 8.00. The molecule has 1 N–H and O–H groups in total. The number of furan rings is 1. The van der Waals surface area contributed by atoms with Gasteiger partial charge in [-0.2, -0.15) is 0 Å². The van der Waals surface area contributed by atoms with Crippen LogP contribution in [0.5, 0.6) is 0 Å². The maximum absolute atomic E-state index is 13.3. The Balaban J connectivity index is 1.89. The van der Waals surface area contributed by atoms with Crippen molar-refractivity contribution in [2.45, 2.75) is 43.4 Å². The lowest BCUT2D eigenvalue weighted by Gasteiger charge is -2.27. The molecule has 1 aromatic heterocycles. The van der Waals surface area contributed by atoms with Crippen LogP contribution in [0.4, 0.5) is 4.79 Å². The molecule has 0 spiro atoms. The molecule has 9 heteroatoms. The minimum absolute atomic E-state index is 0.145. The van der Waals surface area contributed by atoms with Crippen molar-refractivity contribution >= 4 is 22.0 Å². The molecule has 2 heterocycles. The Hall–Kier alpha value is -2.65. The first-order valence-corrected chi connectivity index (χ1v) is 10.9. The van der Waals surface area contributed by atoms with E-state index in [2.05, 4.69) is 5.32 Å². The summed E-state index contributed by atoms with van der Waals surface area (Å²) in [6.07, 6.45) is 2.12. The van der Waals surface area contributed by atoms with Crippen molar-refractivity contribution in [3.05, 3.63) is 53.8 Å². The van der Waals surface area contributed by atoms with E-state index in [1.54, 1.807) is 0 Å². The van der Waals surface area contributed by atoms with Gasteiger partial charge in [-0.25, -0.2) is 17.5 Å². The first-order valence-electron chi connectivity index (χ1n) is 9.43. The Bertz CT molecular complexity index is 1000. The summed E-state index contributed by atoms with van der Waals surface area (Å²) >= 11 is 0. The molecular formula is C20H25N3O5S. The standard InChI is InChI=1S/C20H25N3O5S/c1-4-5-13-20(15-9-7-6-8-10-15)18(24)23(19(25)21-20)14-16-11-12-17(28-16)29(26,27)22(2)3/h6-12H,4-5,13-14H2,1-3H3,(H,21,25). The van der Waals surface area contributed by atoms with E-state index < -0.39 is 21.6 Å². The number of benzene rings is 1. The van der Waals surface area contributed by atoms with E-state index in [9.17, 15) is 18.0 Å². The van der Waals surface area contributed by atoms with Crippen LogP contribution in [0.25, 0.3) is 0 Å². The van der Waals surface area contributed by atoms with E-state index in [1.165, 1.54) is 26.2 Å². The molecule has 1 aliphatic heterocycles. The molecule has 29 heavy (non-hydrogen) atoms. The fourth-order valence-corrected chi connectivity index (χ4v) is 4.17. The number of hydrogen-bond acceptors (Lipinski definition) is 5. The Morgan fingerprint density at radius 2 is 1.79 bits per heavy atom. The van der Waals surface area contributed by atoms with Crippen molar-refractivity contribution in [2.75, 3.05) is 14.1 Å². The summed E-state index contributed by atoms with van der Waals surface area (Å²) in [5, 5.41) is 2.63. The molecule has 1 unspecified atom stereocenters. The van der Waals surface area contributed by atoms with Crippen molar-refractivity contribution in [3.8, 4) is 0 Å². The minimum Gasteiger partial charge on any atom is -0.446 e. The third-order valence-corrected chi connectivity index (χ3v) is 6.72. The summed E-state index contributed by atoms with van der Waals surface area (Å²) in [5.74, 6) is -0.149. The highest BCUT2D eigenvalue weighted by atomic mass is 32.2. The van der Waals surface area contributed by atoms with Crippen LogP contribution in [0, 0.1) is 0 Å². The third kappa shape index (κ3) is 3.79. The quantitative estimate of drug-likeness (QED) is 0.663. The first kappa shape index (κ1) is 21.1. The molecule has 1 fully saturated rings. The van der Waals surface area contributed by atoms with Gasteiger partial charge in [-0.05, 0) is 24.1 Å². The number of carbonyl (C=O) groups excluding carboxylic acids is 2. The molecule has 156 valence electrons. The molecule has 0 radical (unpaired) electrons. The molecule has 0 aliphatic carbocycles. The van der Waals surface area contributed by atoms with Crippen LogP contribution in [-0.4, -0.2) is 43.7 Å². The Morgan fingerprint density at radius 3 is 2.41 bits per heavy atom. The molecule has 3 rings (SSSR count). The van der Waals surface area contributed by atoms with Gasteiger partial charge in [0.1, 0.15) is 11.3 Å². The first-order chi connectivity index (χ1) is 13.7. The van der Waals surface area contributed by atoms with Crippen molar-refractivity contribution in [2.24, 2.45) is 0 Å². The van der Waals surface area contributed by atoms with E-state index in [4.69, 9.17) is 4.42 Å². The second-order valence-corrected chi connectivity index (χ2v) is 9.29. The largest absolute Gasteiger partial charge is 0.446 e. The Morgan fingerprint density at radius 1 is 1.10 bits per heavy atom. The van der Waals surface area contributed by atoms with E-state index >= 15 is 0 Å². The van der Waals surface area contributed by atoms with Gasteiger partial charge in [0, 0.05) is 14.1 Å². The molecule has 1 atom stereocenters. The van der Waals surface area contributed by atoms with Gasteiger partial charge in [-0.15, -0.1) is 0 Å². The fourth-order valence-electron chi connectivity index (χ4n) is 3.36. The number of carbonyl (C=O) groups is 2. The van der Waals surface area contributed by atoms with Crippen LogP contribution in [0.2, 0.25) is 0 Å². The zero-order valence-corrected chi connectivity index (χ0v) is 17.5. The molecule has 1 aromatic carbocycles. The van der Waals surface area contributed by atoms with Gasteiger partial charge < -0.3 is 9.73 Å². The summed E-state index contributed by atoms with van der Waals surface area (Å²) < 4.78 is 30.8. The molecule has 1 aliphatic rings. The second-order valence-electron chi connectivity index (χ2n) is 7.20. The summed E-state index contributed by atoms with van der Waals surface area (Å²) in [6.45, 7) is 1.88. The molecule has 1 saturated heterocycles. The summed E-state index contributed by atoms with van der Waals surface area (Å²) in [7, 11) is -0.932. The highest BCUT2D eigenvalue weighted by Gasteiger charge is 2.52. The van der Waals surface area contributed by atoms with Crippen molar-refractivity contribution in [3.63, 3.8) is 0 Å². The topological polar surface area (TPSA) is 99.9 Å². The summed E-state index contributed by atoms with van der Waals surface area (Å²) in [5.41, 5.74) is -0.399. The number of nitrogens with one attached hydrogen (secondary N) is 1. The van der Waals surface area contributed by atoms with E-state index in [0.29, 0.717) is 6.42 Å². The van der Waals surface area contributed by atoms with Crippen LogP contribution in [0.1, 0.15) is 37.5 Å². The van der Waals surface area contributed by atoms with Gasteiger partial charge in [0.25, 0.3) is 15.9 Å².